The number of aryl methyl sites for hydroxylation is 1. The molecule has 1 aliphatic carbocycles. The molecule has 27 heavy (non-hydrogen) atoms. The fourth-order valence-electron chi connectivity index (χ4n) is 5.33. The Morgan fingerprint density at radius 3 is 2.56 bits per heavy atom. The van der Waals surface area contributed by atoms with Crippen LogP contribution in [0.15, 0.2) is 18.5 Å². The van der Waals surface area contributed by atoms with Crippen molar-refractivity contribution in [2.75, 3.05) is 31.1 Å². The molecule has 0 bridgehead atoms. The molecule has 5 rings (SSSR count). The predicted molar refractivity (Wildman–Crippen MR) is 104 cm³/mol. The van der Waals surface area contributed by atoms with Crippen LogP contribution in [-0.4, -0.2) is 51.9 Å². The summed E-state index contributed by atoms with van der Waals surface area (Å²) in [6, 6.07) is 1.99. The molecule has 0 aromatic carbocycles. The van der Waals surface area contributed by atoms with E-state index in [0.29, 0.717) is 5.91 Å². The van der Waals surface area contributed by atoms with E-state index in [1.54, 1.807) is 12.4 Å². The predicted octanol–water partition coefficient (Wildman–Crippen LogP) is 2.81. The molecule has 3 fully saturated rings. The quantitative estimate of drug-likeness (QED) is 0.819. The number of nitrogens with zero attached hydrogens (tertiary/aromatic N) is 5. The lowest BCUT2D eigenvalue weighted by atomic mass is 9.95. The summed E-state index contributed by atoms with van der Waals surface area (Å²) in [5, 5.41) is 1.05. The summed E-state index contributed by atoms with van der Waals surface area (Å²) >= 11 is 0. The van der Waals surface area contributed by atoms with Crippen LogP contribution >= 0.6 is 0 Å². The molecule has 6 nitrogen and oxygen atoms in total. The lowest BCUT2D eigenvalue weighted by Gasteiger charge is -2.34. The Balaban J connectivity index is 1.27. The zero-order valence-electron chi connectivity index (χ0n) is 16.0. The molecule has 0 radical (unpaired) electrons. The van der Waals surface area contributed by atoms with Gasteiger partial charge in [-0.1, -0.05) is 6.42 Å². The number of piperidine rings is 1. The van der Waals surface area contributed by atoms with Crippen LogP contribution < -0.4 is 4.90 Å². The van der Waals surface area contributed by atoms with Crippen LogP contribution in [0, 0.1) is 24.7 Å². The second kappa shape index (κ2) is 6.73. The second-order valence-electron chi connectivity index (χ2n) is 8.44. The summed E-state index contributed by atoms with van der Waals surface area (Å²) in [6.45, 7) is 5.70. The van der Waals surface area contributed by atoms with Crippen molar-refractivity contribution in [2.45, 2.75) is 39.0 Å². The maximum Gasteiger partial charge on any atom is 0.225 e. The molecule has 1 saturated carbocycles. The van der Waals surface area contributed by atoms with Crippen molar-refractivity contribution in [3.63, 3.8) is 0 Å². The van der Waals surface area contributed by atoms with Crippen LogP contribution in [0.25, 0.3) is 10.9 Å². The lowest BCUT2D eigenvalue weighted by Crippen LogP contribution is -2.42. The summed E-state index contributed by atoms with van der Waals surface area (Å²) in [5.74, 6) is 3.89. The standard InChI is InChI=1S/C21H27N5O/c1-14-23-19-11-22-8-5-18(19)20(24-14)25-9-6-15(7-10-25)21(27)26-12-16-3-2-4-17(16)13-26/h5,8,11,15-17H,2-4,6-7,9-10,12-13H2,1H3. The van der Waals surface area contributed by atoms with Crippen molar-refractivity contribution in [3.8, 4) is 0 Å². The van der Waals surface area contributed by atoms with Crippen molar-refractivity contribution < 1.29 is 4.79 Å². The van der Waals surface area contributed by atoms with Gasteiger partial charge in [-0.05, 0) is 50.5 Å². The largest absolute Gasteiger partial charge is 0.356 e. The van der Waals surface area contributed by atoms with E-state index in [-0.39, 0.29) is 5.92 Å². The Morgan fingerprint density at radius 2 is 1.81 bits per heavy atom. The summed E-state index contributed by atoms with van der Waals surface area (Å²) in [6.07, 6.45) is 9.43. The van der Waals surface area contributed by atoms with Gasteiger partial charge in [-0.25, -0.2) is 9.97 Å². The van der Waals surface area contributed by atoms with Crippen LogP contribution in [-0.2, 0) is 4.79 Å². The van der Waals surface area contributed by atoms with Crippen molar-refractivity contribution in [1.29, 1.82) is 0 Å². The number of carbonyl (C=O) groups excluding carboxylic acids is 1. The minimum Gasteiger partial charge on any atom is -0.356 e. The summed E-state index contributed by atoms with van der Waals surface area (Å²) in [4.78, 5) is 30.9. The van der Waals surface area contributed by atoms with Gasteiger partial charge in [0.15, 0.2) is 0 Å². The third kappa shape index (κ3) is 3.05. The first kappa shape index (κ1) is 16.9. The Labute approximate surface area is 160 Å². The average Bonchev–Trinajstić information content (AvgIpc) is 3.29. The van der Waals surface area contributed by atoms with Gasteiger partial charge in [0.2, 0.25) is 5.91 Å². The topological polar surface area (TPSA) is 62.2 Å². The van der Waals surface area contributed by atoms with Gasteiger partial charge >= 0.3 is 0 Å². The summed E-state index contributed by atoms with van der Waals surface area (Å²) < 4.78 is 0. The normalized spacial score (nSPS) is 26.0. The fraction of sp³-hybridized carbons (Fsp3) is 0.619. The van der Waals surface area contributed by atoms with E-state index < -0.39 is 0 Å². The van der Waals surface area contributed by atoms with E-state index in [1.165, 1.54) is 19.3 Å². The Morgan fingerprint density at radius 1 is 1.07 bits per heavy atom. The van der Waals surface area contributed by atoms with Gasteiger partial charge in [-0.15, -0.1) is 0 Å². The molecular weight excluding hydrogens is 338 g/mol. The molecule has 142 valence electrons. The lowest BCUT2D eigenvalue weighted by molar-refractivity contribution is -0.135. The molecule has 2 unspecified atom stereocenters. The number of anilines is 1. The minimum absolute atomic E-state index is 0.177. The van der Waals surface area contributed by atoms with Gasteiger partial charge in [0.1, 0.15) is 11.6 Å². The highest BCUT2D eigenvalue weighted by Gasteiger charge is 2.40. The third-order valence-corrected chi connectivity index (χ3v) is 6.77. The zero-order valence-corrected chi connectivity index (χ0v) is 16.0. The average molecular weight is 365 g/mol. The van der Waals surface area contributed by atoms with E-state index in [4.69, 9.17) is 4.98 Å². The van der Waals surface area contributed by atoms with Crippen molar-refractivity contribution >= 4 is 22.6 Å². The van der Waals surface area contributed by atoms with Crippen LogP contribution in [0.3, 0.4) is 0 Å². The molecule has 1 amide bonds. The molecule has 4 heterocycles. The van der Waals surface area contributed by atoms with Crippen LogP contribution in [0.2, 0.25) is 0 Å². The van der Waals surface area contributed by atoms with Crippen molar-refractivity contribution in [2.24, 2.45) is 17.8 Å². The summed E-state index contributed by atoms with van der Waals surface area (Å²) in [7, 11) is 0. The number of likely N-dealkylation sites (tertiary alicyclic amines) is 1. The first-order valence-corrected chi connectivity index (χ1v) is 10.3. The first-order valence-electron chi connectivity index (χ1n) is 10.3. The number of pyridine rings is 1. The summed E-state index contributed by atoms with van der Waals surface area (Å²) in [5.41, 5.74) is 0.891. The van der Waals surface area contributed by atoms with Gasteiger partial charge < -0.3 is 9.80 Å². The van der Waals surface area contributed by atoms with E-state index in [2.05, 4.69) is 19.8 Å². The van der Waals surface area contributed by atoms with E-state index in [1.807, 2.05) is 13.0 Å². The van der Waals surface area contributed by atoms with Crippen molar-refractivity contribution in [3.05, 3.63) is 24.3 Å². The second-order valence-corrected chi connectivity index (χ2v) is 8.44. The van der Waals surface area contributed by atoms with Gasteiger partial charge in [-0.3, -0.25) is 9.78 Å². The van der Waals surface area contributed by atoms with Gasteiger partial charge in [0, 0.05) is 43.7 Å². The molecule has 3 aliphatic rings. The monoisotopic (exact) mass is 365 g/mol. The van der Waals surface area contributed by atoms with E-state index in [0.717, 1.165) is 73.4 Å². The minimum atomic E-state index is 0.177. The highest BCUT2D eigenvalue weighted by atomic mass is 16.2. The van der Waals surface area contributed by atoms with Gasteiger partial charge in [-0.2, -0.15) is 0 Å². The molecule has 0 N–H and O–H groups in total. The highest BCUT2D eigenvalue weighted by molar-refractivity contribution is 5.89. The number of rotatable bonds is 2. The number of carbonyl (C=O) groups is 1. The van der Waals surface area contributed by atoms with Gasteiger partial charge in [0.25, 0.3) is 0 Å². The molecule has 2 atom stereocenters. The van der Waals surface area contributed by atoms with E-state index in [9.17, 15) is 4.79 Å². The first-order chi connectivity index (χ1) is 13.2. The molecule has 6 heteroatoms. The molecule has 2 aliphatic heterocycles. The van der Waals surface area contributed by atoms with E-state index >= 15 is 0 Å². The van der Waals surface area contributed by atoms with Gasteiger partial charge in [0.05, 0.1) is 11.7 Å². The van der Waals surface area contributed by atoms with Crippen LogP contribution in [0.4, 0.5) is 5.82 Å². The Kier molecular flexibility index (Phi) is 4.21. The smallest absolute Gasteiger partial charge is 0.225 e. The van der Waals surface area contributed by atoms with Crippen molar-refractivity contribution in [1.82, 2.24) is 19.9 Å². The number of aromatic nitrogens is 3. The maximum atomic E-state index is 13.0. The fourth-order valence-corrected chi connectivity index (χ4v) is 5.33. The molecular formula is C21H27N5O. The number of amides is 1. The zero-order chi connectivity index (χ0) is 18.4. The van der Waals surface area contributed by atoms with Crippen LogP contribution in [0.5, 0.6) is 0 Å². The molecule has 2 saturated heterocycles. The number of hydrogen-bond acceptors (Lipinski definition) is 5. The molecule has 2 aromatic heterocycles. The highest BCUT2D eigenvalue weighted by Crippen LogP contribution is 2.39. The molecule has 0 spiro atoms. The number of fused-ring (bicyclic) bond motifs is 2. The number of hydrogen-bond donors (Lipinski definition) is 0. The SMILES string of the molecule is Cc1nc(N2CCC(C(=O)N3CC4CCCC4C3)CC2)c2ccncc2n1. The van der Waals surface area contributed by atoms with Crippen LogP contribution in [0.1, 0.15) is 37.9 Å². The maximum absolute atomic E-state index is 13.0. The third-order valence-electron chi connectivity index (χ3n) is 6.77. The Hall–Kier alpha value is -2.24. The molecule has 2 aromatic rings. The Bertz CT molecular complexity index is 849.